The number of aliphatic hydroxyl groups is 8. The molecule has 3 saturated heterocycles. The fraction of sp³-hybridized carbons (Fsp3) is 0.720. The van der Waals surface area contributed by atoms with E-state index in [1.165, 1.54) is 31.4 Å². The Bertz CT molecular complexity index is 1280. The van der Waals surface area contributed by atoms with Gasteiger partial charge < -0.3 is 79.1 Å². The fourth-order valence-electron chi connectivity index (χ4n) is 5.04. The molecule has 0 unspecified atom stereocenters. The summed E-state index contributed by atoms with van der Waals surface area (Å²) < 4.78 is 73.4. The molecule has 1 aromatic rings. The summed E-state index contributed by atoms with van der Waals surface area (Å²) in [6.45, 7) is -1.98. The van der Waals surface area contributed by atoms with E-state index in [1.807, 2.05) is 0 Å². The first-order valence-electron chi connectivity index (χ1n) is 13.9. The molecule has 0 saturated carbocycles. The van der Waals surface area contributed by atoms with Crippen molar-refractivity contribution in [3.05, 3.63) is 24.3 Å². The number of aliphatic hydroxyl groups excluding tert-OH is 8. The van der Waals surface area contributed by atoms with Crippen molar-refractivity contribution in [3.63, 3.8) is 0 Å². The van der Waals surface area contributed by atoms with E-state index in [9.17, 15) is 59.2 Å². The zero-order valence-corrected chi connectivity index (χ0v) is 25.1. The molecule has 0 radical (unpaired) electrons. The highest BCUT2D eigenvalue weighted by Crippen LogP contribution is 2.33. The van der Waals surface area contributed by atoms with Gasteiger partial charge in [-0.05, 0) is 24.3 Å². The Labute approximate surface area is 265 Å². The van der Waals surface area contributed by atoms with Gasteiger partial charge in [0.2, 0.25) is 6.29 Å². The van der Waals surface area contributed by atoms with Gasteiger partial charge in [-0.15, -0.1) is 0 Å². The average molecular weight is 705 g/mol. The average Bonchev–Trinajstić information content (AvgIpc) is 3.02. The number of carboxylic acids is 1. The summed E-state index contributed by atoms with van der Waals surface area (Å²) in [5.41, 5.74) is 0. The zero-order valence-electron chi connectivity index (χ0n) is 24.3. The third kappa shape index (κ3) is 8.63. The monoisotopic (exact) mass is 704 g/mol. The van der Waals surface area contributed by atoms with E-state index in [1.54, 1.807) is 0 Å². The SMILES string of the molecule is COc1ccc(O[C@@H]2O[C@H](COS(=O)(=O)O)[C@H](O)[C@H](O[C@@H]3O[C@H](CO)[C@H](O)[C@H](O[C@@H]4O[C@H](C(=O)O)[C@@H](O)[C@H](O)[C@H]4O)[C@H]3O)[C@H]2O)cc1. The van der Waals surface area contributed by atoms with Crippen molar-refractivity contribution in [3.8, 4) is 11.5 Å². The number of benzene rings is 1. The highest BCUT2D eigenvalue weighted by molar-refractivity contribution is 7.80. The van der Waals surface area contributed by atoms with Gasteiger partial charge in [-0.1, -0.05) is 0 Å². The van der Waals surface area contributed by atoms with Crippen LogP contribution in [0.2, 0.25) is 0 Å². The minimum atomic E-state index is -5.05. The maximum absolute atomic E-state index is 11.5. The molecule has 1 aromatic carbocycles. The van der Waals surface area contributed by atoms with Crippen LogP contribution in [0.3, 0.4) is 0 Å². The Morgan fingerprint density at radius 2 is 1.23 bits per heavy atom. The standard InChI is InChI=1S/C25H36O21S/c1-39-8-2-4-9(5-3-8)41-24-17(32)20(13(28)11(43-24)7-40-47(36,37)38)45-25-18(33)19(12(27)10(6-26)42-25)44-23-16(31)14(29)15(30)21(46-23)22(34)35/h2-5,10-21,23-33H,6-7H2,1H3,(H,34,35)(H,36,37,38)/t10-,11-,12+,13+,14+,15+,16-,17-,18-,19+,20+,21+,23-,24-,25+/m1/s1. The van der Waals surface area contributed by atoms with Crippen LogP contribution in [-0.4, -0.2) is 177 Å². The van der Waals surface area contributed by atoms with Crippen LogP contribution in [0.15, 0.2) is 24.3 Å². The molecular weight excluding hydrogens is 668 g/mol. The maximum atomic E-state index is 11.5. The minimum Gasteiger partial charge on any atom is -0.497 e. The summed E-state index contributed by atoms with van der Waals surface area (Å²) in [6, 6.07) is 5.80. The maximum Gasteiger partial charge on any atom is 0.397 e. The molecule has 3 heterocycles. The Balaban J connectivity index is 1.57. The number of methoxy groups -OCH3 is 1. The predicted octanol–water partition coefficient (Wildman–Crippen LogP) is -5.56. The van der Waals surface area contributed by atoms with Crippen molar-refractivity contribution in [2.75, 3.05) is 20.3 Å². The van der Waals surface area contributed by atoms with E-state index in [0.29, 0.717) is 5.75 Å². The Morgan fingerprint density at radius 3 is 1.77 bits per heavy atom. The van der Waals surface area contributed by atoms with Crippen molar-refractivity contribution in [1.29, 1.82) is 0 Å². The summed E-state index contributed by atoms with van der Waals surface area (Å²) in [6.07, 6.45) is -29.4. The van der Waals surface area contributed by atoms with Gasteiger partial charge in [0.1, 0.15) is 78.6 Å². The molecule has 3 aliphatic heterocycles. The Kier molecular flexibility index (Phi) is 12.3. The van der Waals surface area contributed by atoms with Crippen LogP contribution >= 0.6 is 0 Å². The molecule has 4 rings (SSSR count). The van der Waals surface area contributed by atoms with Crippen LogP contribution in [0.1, 0.15) is 0 Å². The lowest BCUT2D eigenvalue weighted by Crippen LogP contribution is -2.67. The first-order valence-corrected chi connectivity index (χ1v) is 15.2. The van der Waals surface area contributed by atoms with Crippen LogP contribution in [0.25, 0.3) is 0 Å². The summed E-state index contributed by atoms with van der Waals surface area (Å²) >= 11 is 0. The number of carbonyl (C=O) groups is 1. The molecule has 0 spiro atoms. The smallest absolute Gasteiger partial charge is 0.397 e. The van der Waals surface area contributed by atoms with Crippen molar-refractivity contribution in [1.82, 2.24) is 0 Å². The third-order valence-electron chi connectivity index (χ3n) is 7.55. The Morgan fingerprint density at radius 1 is 0.723 bits per heavy atom. The number of carboxylic acid groups (broad SMARTS) is 1. The van der Waals surface area contributed by atoms with Gasteiger partial charge >= 0.3 is 16.4 Å². The molecule has 3 fully saturated rings. The number of aliphatic carboxylic acids is 1. The van der Waals surface area contributed by atoms with Gasteiger partial charge in [0.25, 0.3) is 0 Å². The lowest BCUT2D eigenvalue weighted by Gasteiger charge is -2.48. The minimum absolute atomic E-state index is 0.0864. The van der Waals surface area contributed by atoms with Crippen molar-refractivity contribution in [2.24, 2.45) is 0 Å². The zero-order chi connectivity index (χ0) is 34.8. The number of ether oxygens (including phenoxy) is 7. The second kappa shape index (κ2) is 15.5. The van der Waals surface area contributed by atoms with E-state index in [4.69, 9.17) is 37.7 Å². The van der Waals surface area contributed by atoms with E-state index in [-0.39, 0.29) is 5.75 Å². The molecule has 268 valence electrons. The van der Waals surface area contributed by atoms with E-state index in [2.05, 4.69) is 4.18 Å². The highest BCUT2D eigenvalue weighted by Gasteiger charge is 2.55. The quantitative estimate of drug-likeness (QED) is 0.0907. The van der Waals surface area contributed by atoms with Gasteiger partial charge in [-0.25, -0.2) is 8.98 Å². The molecule has 0 amide bonds. The highest BCUT2D eigenvalue weighted by atomic mass is 32.3. The van der Waals surface area contributed by atoms with Crippen molar-refractivity contribution in [2.45, 2.75) is 92.1 Å². The molecule has 0 aromatic heterocycles. The van der Waals surface area contributed by atoms with Gasteiger partial charge in [-0.3, -0.25) is 4.55 Å². The van der Waals surface area contributed by atoms with Crippen molar-refractivity contribution >= 4 is 16.4 Å². The second-order valence-corrected chi connectivity index (χ2v) is 11.8. The molecule has 0 bridgehead atoms. The lowest BCUT2D eigenvalue weighted by molar-refractivity contribution is -0.376. The first-order chi connectivity index (χ1) is 22.1. The predicted molar refractivity (Wildman–Crippen MR) is 144 cm³/mol. The van der Waals surface area contributed by atoms with Gasteiger partial charge in [0.15, 0.2) is 18.7 Å². The molecule has 10 N–H and O–H groups in total. The fourth-order valence-corrected chi connectivity index (χ4v) is 5.35. The lowest BCUT2D eigenvalue weighted by atomic mass is 9.96. The van der Waals surface area contributed by atoms with Crippen LogP contribution in [-0.2, 0) is 43.1 Å². The van der Waals surface area contributed by atoms with Crippen LogP contribution < -0.4 is 9.47 Å². The molecule has 3 aliphatic rings. The second-order valence-electron chi connectivity index (χ2n) is 10.7. The molecule has 21 nitrogen and oxygen atoms in total. The third-order valence-corrected chi connectivity index (χ3v) is 7.99. The van der Waals surface area contributed by atoms with Crippen LogP contribution in [0.4, 0.5) is 0 Å². The van der Waals surface area contributed by atoms with Gasteiger partial charge in [-0.2, -0.15) is 8.42 Å². The summed E-state index contributed by atoms with van der Waals surface area (Å²) in [5.74, 6) is -1.22. The largest absolute Gasteiger partial charge is 0.497 e. The van der Waals surface area contributed by atoms with E-state index >= 15 is 0 Å². The number of rotatable bonds is 12. The topological polar surface area (TPSA) is 327 Å². The van der Waals surface area contributed by atoms with Crippen LogP contribution in [0.5, 0.6) is 11.5 Å². The number of hydrogen-bond donors (Lipinski definition) is 10. The van der Waals surface area contributed by atoms with Gasteiger partial charge in [0.05, 0.1) is 20.3 Å². The molecule has 22 heteroatoms. The van der Waals surface area contributed by atoms with Crippen molar-refractivity contribution < 1.29 is 101 Å². The van der Waals surface area contributed by atoms with E-state index < -0.39 is 122 Å². The molecule has 47 heavy (non-hydrogen) atoms. The first kappa shape index (κ1) is 37.5. The summed E-state index contributed by atoms with van der Waals surface area (Å²) in [7, 11) is -3.63. The summed E-state index contributed by atoms with van der Waals surface area (Å²) in [5, 5.41) is 93.4. The molecule has 0 aliphatic carbocycles. The summed E-state index contributed by atoms with van der Waals surface area (Å²) in [4.78, 5) is 11.5. The number of hydrogen-bond acceptors (Lipinski definition) is 19. The molecular formula is C25H36O21S. The van der Waals surface area contributed by atoms with Gasteiger partial charge in [0, 0.05) is 0 Å². The Hall–Kier alpha value is -2.36. The normalized spacial score (nSPS) is 41.3. The van der Waals surface area contributed by atoms with E-state index in [0.717, 1.165) is 0 Å². The van der Waals surface area contributed by atoms with Crippen LogP contribution in [0, 0.1) is 0 Å². The molecule has 15 atom stereocenters.